The van der Waals surface area contributed by atoms with Gasteiger partial charge < -0.3 is 10.5 Å². The SMILES string of the molecule is COCCCC(N)CCC(F)(F)F. The monoisotopic (exact) mass is 199 g/mol. The number of hydrogen-bond donors (Lipinski definition) is 1. The third kappa shape index (κ3) is 9.63. The van der Waals surface area contributed by atoms with Crippen molar-refractivity contribution >= 4 is 0 Å². The van der Waals surface area contributed by atoms with Crippen LogP contribution in [0.1, 0.15) is 25.7 Å². The van der Waals surface area contributed by atoms with Gasteiger partial charge in [0.1, 0.15) is 0 Å². The Morgan fingerprint density at radius 1 is 1.31 bits per heavy atom. The number of rotatable bonds is 6. The fourth-order valence-electron chi connectivity index (χ4n) is 0.983. The molecule has 2 nitrogen and oxygen atoms in total. The molecule has 5 heteroatoms. The van der Waals surface area contributed by atoms with Gasteiger partial charge in [-0.25, -0.2) is 0 Å². The summed E-state index contributed by atoms with van der Waals surface area (Å²) in [7, 11) is 1.56. The Kier molecular flexibility index (Phi) is 6.07. The molecule has 0 aliphatic rings. The summed E-state index contributed by atoms with van der Waals surface area (Å²) >= 11 is 0. The zero-order valence-corrected chi connectivity index (χ0v) is 7.73. The topological polar surface area (TPSA) is 35.2 Å². The minimum atomic E-state index is -4.08. The van der Waals surface area contributed by atoms with Gasteiger partial charge in [-0.2, -0.15) is 13.2 Å². The number of nitrogens with two attached hydrogens (primary N) is 1. The van der Waals surface area contributed by atoms with Gasteiger partial charge in [0.05, 0.1) is 0 Å². The van der Waals surface area contributed by atoms with E-state index in [2.05, 4.69) is 0 Å². The summed E-state index contributed by atoms with van der Waals surface area (Å²) in [5, 5.41) is 0. The molecule has 0 aromatic heterocycles. The van der Waals surface area contributed by atoms with E-state index in [0.717, 1.165) is 6.42 Å². The zero-order chi connectivity index (χ0) is 10.3. The van der Waals surface area contributed by atoms with Gasteiger partial charge in [-0.3, -0.25) is 0 Å². The molecule has 0 aliphatic heterocycles. The van der Waals surface area contributed by atoms with Crippen LogP contribution in [0.3, 0.4) is 0 Å². The van der Waals surface area contributed by atoms with Crippen molar-refractivity contribution in [1.82, 2.24) is 0 Å². The first-order valence-corrected chi connectivity index (χ1v) is 4.27. The van der Waals surface area contributed by atoms with E-state index < -0.39 is 12.6 Å². The number of methoxy groups -OCH3 is 1. The Morgan fingerprint density at radius 2 is 1.92 bits per heavy atom. The molecule has 0 saturated carbocycles. The highest BCUT2D eigenvalue weighted by Crippen LogP contribution is 2.22. The molecule has 0 saturated heterocycles. The van der Waals surface area contributed by atoms with Crippen molar-refractivity contribution in [2.45, 2.75) is 37.9 Å². The first kappa shape index (κ1) is 12.7. The maximum absolute atomic E-state index is 11.7. The second kappa shape index (κ2) is 6.21. The normalized spacial score (nSPS) is 14.5. The van der Waals surface area contributed by atoms with Crippen molar-refractivity contribution in [2.75, 3.05) is 13.7 Å². The van der Waals surface area contributed by atoms with Crippen molar-refractivity contribution in [2.24, 2.45) is 5.73 Å². The Balaban J connectivity index is 3.35. The Labute approximate surface area is 76.2 Å². The molecule has 0 bridgehead atoms. The van der Waals surface area contributed by atoms with Crippen molar-refractivity contribution in [3.05, 3.63) is 0 Å². The molecular formula is C8H16F3NO. The lowest BCUT2D eigenvalue weighted by Gasteiger charge is -2.12. The van der Waals surface area contributed by atoms with Crippen LogP contribution in [0.5, 0.6) is 0 Å². The molecule has 0 fully saturated rings. The lowest BCUT2D eigenvalue weighted by Crippen LogP contribution is -2.23. The molecule has 2 N–H and O–H groups in total. The molecule has 13 heavy (non-hydrogen) atoms. The van der Waals surface area contributed by atoms with Crippen LogP contribution in [0.15, 0.2) is 0 Å². The summed E-state index contributed by atoms with van der Waals surface area (Å²) in [4.78, 5) is 0. The fourth-order valence-corrected chi connectivity index (χ4v) is 0.983. The van der Waals surface area contributed by atoms with Crippen LogP contribution >= 0.6 is 0 Å². The van der Waals surface area contributed by atoms with Crippen LogP contribution < -0.4 is 5.73 Å². The van der Waals surface area contributed by atoms with Gasteiger partial charge in [0.15, 0.2) is 0 Å². The lowest BCUT2D eigenvalue weighted by molar-refractivity contribution is -0.136. The molecule has 0 amide bonds. The average Bonchev–Trinajstić information content (AvgIpc) is 2.00. The van der Waals surface area contributed by atoms with Gasteiger partial charge in [0.25, 0.3) is 0 Å². The van der Waals surface area contributed by atoms with E-state index >= 15 is 0 Å². The predicted molar refractivity (Wildman–Crippen MR) is 44.4 cm³/mol. The number of halogens is 3. The Bertz CT molecular complexity index is 127. The highest BCUT2D eigenvalue weighted by Gasteiger charge is 2.27. The maximum atomic E-state index is 11.7. The zero-order valence-electron chi connectivity index (χ0n) is 7.73. The van der Waals surface area contributed by atoms with Gasteiger partial charge in [-0.15, -0.1) is 0 Å². The van der Waals surface area contributed by atoms with Crippen molar-refractivity contribution < 1.29 is 17.9 Å². The molecule has 0 heterocycles. The van der Waals surface area contributed by atoms with Crippen molar-refractivity contribution in [1.29, 1.82) is 0 Å². The van der Waals surface area contributed by atoms with Crippen molar-refractivity contribution in [3.63, 3.8) is 0 Å². The standard InChI is InChI=1S/C8H16F3NO/c1-13-6-2-3-7(12)4-5-8(9,10)11/h7H,2-6,12H2,1H3. The number of ether oxygens (including phenoxy) is 1. The van der Waals surface area contributed by atoms with Crippen LogP contribution in [0.2, 0.25) is 0 Å². The predicted octanol–water partition coefficient (Wildman–Crippen LogP) is 2.08. The molecule has 80 valence electrons. The molecule has 0 rings (SSSR count). The van der Waals surface area contributed by atoms with E-state index in [9.17, 15) is 13.2 Å². The molecule has 0 radical (unpaired) electrons. The van der Waals surface area contributed by atoms with Gasteiger partial charge in [0, 0.05) is 26.2 Å². The van der Waals surface area contributed by atoms with E-state index in [1.54, 1.807) is 7.11 Å². The Hall–Kier alpha value is -0.290. The van der Waals surface area contributed by atoms with E-state index in [1.807, 2.05) is 0 Å². The highest BCUT2D eigenvalue weighted by atomic mass is 19.4. The average molecular weight is 199 g/mol. The van der Waals surface area contributed by atoms with Crippen LogP contribution in [-0.4, -0.2) is 25.9 Å². The Morgan fingerprint density at radius 3 is 2.38 bits per heavy atom. The molecule has 1 unspecified atom stereocenters. The summed E-state index contributed by atoms with van der Waals surface area (Å²) in [6.07, 6.45) is -3.56. The summed E-state index contributed by atoms with van der Waals surface area (Å²) in [5.41, 5.74) is 5.47. The number of alkyl halides is 3. The smallest absolute Gasteiger partial charge is 0.385 e. The second-order valence-corrected chi connectivity index (χ2v) is 3.05. The fraction of sp³-hybridized carbons (Fsp3) is 1.00. The van der Waals surface area contributed by atoms with E-state index in [0.29, 0.717) is 13.0 Å². The van der Waals surface area contributed by atoms with E-state index in [-0.39, 0.29) is 12.5 Å². The van der Waals surface area contributed by atoms with Crippen LogP contribution in [0, 0.1) is 0 Å². The quantitative estimate of drug-likeness (QED) is 0.665. The van der Waals surface area contributed by atoms with Crippen LogP contribution in [-0.2, 0) is 4.74 Å². The molecular weight excluding hydrogens is 183 g/mol. The minimum Gasteiger partial charge on any atom is -0.385 e. The molecule has 0 spiro atoms. The largest absolute Gasteiger partial charge is 0.389 e. The lowest BCUT2D eigenvalue weighted by atomic mass is 10.1. The van der Waals surface area contributed by atoms with Gasteiger partial charge in [-0.1, -0.05) is 0 Å². The molecule has 0 aliphatic carbocycles. The molecule has 1 atom stereocenters. The molecule has 0 aromatic carbocycles. The third-order valence-electron chi connectivity index (χ3n) is 1.72. The molecule has 0 aromatic rings. The van der Waals surface area contributed by atoms with Gasteiger partial charge >= 0.3 is 6.18 Å². The van der Waals surface area contributed by atoms with E-state index in [1.165, 1.54) is 0 Å². The van der Waals surface area contributed by atoms with Crippen LogP contribution in [0.4, 0.5) is 13.2 Å². The summed E-state index contributed by atoms with van der Waals surface area (Å²) < 4.78 is 39.9. The van der Waals surface area contributed by atoms with Gasteiger partial charge in [0.2, 0.25) is 0 Å². The first-order chi connectivity index (χ1) is 5.95. The van der Waals surface area contributed by atoms with Crippen molar-refractivity contribution in [3.8, 4) is 0 Å². The highest BCUT2D eigenvalue weighted by molar-refractivity contribution is 4.64. The minimum absolute atomic E-state index is 0.00716. The summed E-state index contributed by atoms with van der Waals surface area (Å²) in [5.74, 6) is 0. The first-order valence-electron chi connectivity index (χ1n) is 4.27. The summed E-state index contributed by atoms with van der Waals surface area (Å²) in [6, 6.07) is -0.364. The third-order valence-corrected chi connectivity index (χ3v) is 1.72. The maximum Gasteiger partial charge on any atom is 0.389 e. The van der Waals surface area contributed by atoms with E-state index in [4.69, 9.17) is 10.5 Å². The van der Waals surface area contributed by atoms with Gasteiger partial charge in [-0.05, 0) is 19.3 Å². The van der Waals surface area contributed by atoms with Crippen LogP contribution in [0.25, 0.3) is 0 Å². The number of hydrogen-bond acceptors (Lipinski definition) is 2. The summed E-state index contributed by atoms with van der Waals surface area (Å²) in [6.45, 7) is 0.555. The second-order valence-electron chi connectivity index (χ2n) is 3.05.